The first-order valence-electron chi connectivity index (χ1n) is 9.77. The number of hydrogen-bond acceptors (Lipinski definition) is 11. The van der Waals surface area contributed by atoms with Crippen LogP contribution in [-0.4, -0.2) is 130 Å². The Labute approximate surface area is 177 Å². The Bertz CT molecular complexity index is 481. The van der Waals surface area contributed by atoms with Gasteiger partial charge < -0.3 is 52.5 Å². The first-order valence-corrected chi connectivity index (χ1v) is 9.77. The molecular formula is C19H36O11. The lowest BCUT2D eigenvalue weighted by molar-refractivity contribution is -0.365. The Morgan fingerprint density at radius 2 is 1.07 bits per heavy atom. The minimum atomic E-state index is -0.872. The van der Waals surface area contributed by atoms with Crippen molar-refractivity contribution < 1.29 is 52.5 Å². The molecule has 1 N–H and O–H groups in total. The topological polar surface area (TPSA) is 113 Å². The maximum Gasteiger partial charge on any atom is 0.187 e. The van der Waals surface area contributed by atoms with E-state index in [2.05, 4.69) is 0 Å². The summed E-state index contributed by atoms with van der Waals surface area (Å²) >= 11 is 0. The summed E-state index contributed by atoms with van der Waals surface area (Å²) < 4.78 is 56.9. The normalized spacial score (nSPS) is 42.4. The van der Waals surface area contributed by atoms with Crippen LogP contribution in [0.5, 0.6) is 0 Å². The smallest absolute Gasteiger partial charge is 0.187 e. The number of hydrogen-bond donors (Lipinski definition) is 1. The highest BCUT2D eigenvalue weighted by Crippen LogP contribution is 2.33. The fourth-order valence-corrected chi connectivity index (χ4v) is 4.14. The van der Waals surface area contributed by atoms with Crippen LogP contribution in [0, 0.1) is 0 Å². The molecule has 0 amide bonds. The molecule has 0 saturated carbocycles. The Kier molecular flexibility index (Phi) is 10.8. The molecule has 0 aliphatic carbocycles. The number of rotatable bonds is 11. The summed E-state index contributed by atoms with van der Waals surface area (Å²) in [4.78, 5) is 0. The molecule has 0 spiro atoms. The Hall–Kier alpha value is -0.440. The van der Waals surface area contributed by atoms with Crippen molar-refractivity contribution in [2.45, 2.75) is 61.4 Å². The lowest BCUT2D eigenvalue weighted by atomic mass is 9.96. The maximum atomic E-state index is 9.92. The summed E-state index contributed by atoms with van der Waals surface area (Å²) in [5, 5.41) is 9.92. The van der Waals surface area contributed by atoms with Gasteiger partial charge in [-0.3, -0.25) is 0 Å². The van der Waals surface area contributed by atoms with Crippen molar-refractivity contribution in [3.8, 4) is 0 Å². The zero-order chi connectivity index (χ0) is 22.3. The molecule has 178 valence electrons. The number of aliphatic hydroxyl groups excluding tert-OH is 1. The van der Waals surface area contributed by atoms with Crippen LogP contribution in [0.4, 0.5) is 0 Å². The Morgan fingerprint density at radius 3 is 1.53 bits per heavy atom. The number of ether oxygens (including phenoxy) is 10. The molecule has 2 fully saturated rings. The molecule has 0 unspecified atom stereocenters. The second kappa shape index (κ2) is 12.6. The van der Waals surface area contributed by atoms with E-state index >= 15 is 0 Å². The van der Waals surface area contributed by atoms with Gasteiger partial charge in [0.2, 0.25) is 0 Å². The van der Waals surface area contributed by atoms with Gasteiger partial charge >= 0.3 is 0 Å². The van der Waals surface area contributed by atoms with E-state index in [0.717, 1.165) is 0 Å². The second-order valence-corrected chi connectivity index (χ2v) is 7.06. The largest absolute Gasteiger partial charge is 0.394 e. The van der Waals surface area contributed by atoms with Gasteiger partial charge in [-0.05, 0) is 0 Å². The molecule has 10 atom stereocenters. The second-order valence-electron chi connectivity index (χ2n) is 7.06. The summed E-state index contributed by atoms with van der Waals surface area (Å²) in [7, 11) is 10.8. The molecule has 0 aromatic heterocycles. The van der Waals surface area contributed by atoms with Crippen LogP contribution in [0.3, 0.4) is 0 Å². The van der Waals surface area contributed by atoms with Gasteiger partial charge in [-0.15, -0.1) is 0 Å². The van der Waals surface area contributed by atoms with Crippen molar-refractivity contribution in [2.24, 2.45) is 0 Å². The number of methoxy groups -OCH3 is 7. The van der Waals surface area contributed by atoms with E-state index in [1.807, 2.05) is 0 Å². The van der Waals surface area contributed by atoms with Crippen LogP contribution in [0.1, 0.15) is 0 Å². The van der Waals surface area contributed by atoms with Crippen LogP contribution in [0.15, 0.2) is 0 Å². The average molecular weight is 440 g/mol. The lowest BCUT2D eigenvalue weighted by Crippen LogP contribution is -2.66. The molecule has 2 saturated heterocycles. The molecule has 11 nitrogen and oxygen atoms in total. The molecule has 0 bridgehead atoms. The number of aliphatic hydroxyl groups is 1. The van der Waals surface area contributed by atoms with Crippen LogP contribution < -0.4 is 0 Å². The molecule has 2 aliphatic heterocycles. The van der Waals surface area contributed by atoms with E-state index in [4.69, 9.17) is 47.4 Å². The zero-order valence-electron chi connectivity index (χ0n) is 18.7. The molecule has 11 heteroatoms. The predicted molar refractivity (Wildman–Crippen MR) is 102 cm³/mol. The zero-order valence-corrected chi connectivity index (χ0v) is 18.7. The predicted octanol–water partition coefficient (Wildman–Crippen LogP) is -0.818. The maximum absolute atomic E-state index is 9.92. The van der Waals surface area contributed by atoms with Crippen molar-refractivity contribution in [3.63, 3.8) is 0 Å². The van der Waals surface area contributed by atoms with Crippen LogP contribution in [0.2, 0.25) is 0 Å². The average Bonchev–Trinajstić information content (AvgIpc) is 2.77. The highest BCUT2D eigenvalue weighted by molar-refractivity contribution is 4.96. The van der Waals surface area contributed by atoms with Gasteiger partial charge in [0.25, 0.3) is 0 Å². The Balaban J connectivity index is 2.30. The molecule has 2 aliphatic rings. The van der Waals surface area contributed by atoms with E-state index < -0.39 is 61.4 Å². The van der Waals surface area contributed by atoms with E-state index in [9.17, 15) is 5.11 Å². The fourth-order valence-electron chi connectivity index (χ4n) is 4.14. The van der Waals surface area contributed by atoms with Gasteiger partial charge in [-0.25, -0.2) is 0 Å². The minimum Gasteiger partial charge on any atom is -0.394 e. The van der Waals surface area contributed by atoms with Crippen LogP contribution >= 0.6 is 0 Å². The quantitative estimate of drug-likeness (QED) is 0.435. The SMILES string of the molecule is COC[C@H]1O[C@@H](O[C@H]2[C@H](OC)[C@@H](OC)[C@@H](OC)O[C@@H]2CO)[C@H](OC)[C@@H](OC)[C@@H]1OC. The van der Waals surface area contributed by atoms with Gasteiger partial charge in [0.15, 0.2) is 12.6 Å². The summed E-state index contributed by atoms with van der Waals surface area (Å²) in [5.74, 6) is 0. The third kappa shape index (κ3) is 5.30. The van der Waals surface area contributed by atoms with E-state index in [1.54, 1.807) is 21.3 Å². The van der Waals surface area contributed by atoms with Crippen molar-refractivity contribution in [1.82, 2.24) is 0 Å². The van der Waals surface area contributed by atoms with E-state index in [-0.39, 0.29) is 13.2 Å². The van der Waals surface area contributed by atoms with Crippen molar-refractivity contribution in [1.29, 1.82) is 0 Å². The monoisotopic (exact) mass is 440 g/mol. The van der Waals surface area contributed by atoms with Crippen molar-refractivity contribution in [2.75, 3.05) is 63.0 Å². The fraction of sp³-hybridized carbons (Fsp3) is 1.00. The van der Waals surface area contributed by atoms with Gasteiger partial charge in [0.05, 0.1) is 13.2 Å². The third-order valence-electron chi connectivity index (χ3n) is 5.58. The first-order chi connectivity index (χ1) is 14.5. The van der Waals surface area contributed by atoms with E-state index in [1.165, 1.54) is 28.4 Å². The molecule has 0 aromatic carbocycles. The molecule has 0 aromatic rings. The van der Waals surface area contributed by atoms with E-state index in [0.29, 0.717) is 0 Å². The van der Waals surface area contributed by atoms with Gasteiger partial charge in [0, 0.05) is 49.8 Å². The molecular weight excluding hydrogens is 404 g/mol. The van der Waals surface area contributed by atoms with Crippen molar-refractivity contribution >= 4 is 0 Å². The standard InChI is InChI=1S/C19H36O11/c1-21-9-11-12(22-2)14(23-3)17(26-6)19(29-11)30-13-10(8-20)28-18(27-7)16(25-5)15(13)24-4/h10-20H,8-9H2,1-7H3/t10-,11-,12-,13-,14+,15+,16-,17-,18+,19+/m1/s1. The Morgan fingerprint density at radius 1 is 0.567 bits per heavy atom. The highest BCUT2D eigenvalue weighted by Gasteiger charge is 2.53. The third-order valence-corrected chi connectivity index (χ3v) is 5.58. The summed E-state index contributed by atoms with van der Waals surface area (Å²) in [6.07, 6.45) is -6.27. The van der Waals surface area contributed by atoms with Gasteiger partial charge in [0.1, 0.15) is 48.8 Å². The molecule has 2 heterocycles. The highest BCUT2D eigenvalue weighted by atomic mass is 16.8. The molecule has 0 radical (unpaired) electrons. The lowest BCUT2D eigenvalue weighted by Gasteiger charge is -2.49. The van der Waals surface area contributed by atoms with Crippen molar-refractivity contribution in [3.05, 3.63) is 0 Å². The first kappa shape index (κ1) is 25.8. The molecule has 2 rings (SSSR count). The summed E-state index contributed by atoms with van der Waals surface area (Å²) in [5.41, 5.74) is 0. The summed E-state index contributed by atoms with van der Waals surface area (Å²) in [6.45, 7) is -0.0551. The molecule has 30 heavy (non-hydrogen) atoms. The summed E-state index contributed by atoms with van der Waals surface area (Å²) in [6, 6.07) is 0. The minimum absolute atomic E-state index is 0.263. The van der Waals surface area contributed by atoms with Gasteiger partial charge in [-0.2, -0.15) is 0 Å². The van der Waals surface area contributed by atoms with Crippen LogP contribution in [-0.2, 0) is 47.4 Å². The van der Waals surface area contributed by atoms with Gasteiger partial charge in [-0.1, -0.05) is 0 Å². The van der Waals surface area contributed by atoms with Crippen LogP contribution in [0.25, 0.3) is 0 Å².